The fourth-order valence-electron chi connectivity index (χ4n) is 2.15. The van der Waals surface area contributed by atoms with Gasteiger partial charge in [0.25, 0.3) is 11.8 Å². The maximum atomic E-state index is 12.3. The zero-order valence-electron chi connectivity index (χ0n) is 14.4. The topological polar surface area (TPSA) is 75.7 Å². The van der Waals surface area contributed by atoms with E-state index >= 15 is 0 Å². The number of nitrogens with zero attached hydrogens (tertiary/aromatic N) is 1. The van der Waals surface area contributed by atoms with Crippen LogP contribution in [0, 0.1) is 0 Å². The summed E-state index contributed by atoms with van der Waals surface area (Å²) in [6, 6.07) is 15.0. The summed E-state index contributed by atoms with van der Waals surface area (Å²) >= 11 is 5.77. The number of hydrogen-bond donors (Lipinski definition) is 1. The van der Waals surface area contributed by atoms with Gasteiger partial charge in [0.2, 0.25) is 6.10 Å². The van der Waals surface area contributed by atoms with E-state index in [1.165, 1.54) is 4.90 Å². The first-order valence-electron chi connectivity index (χ1n) is 7.88. The Morgan fingerprint density at radius 2 is 1.65 bits per heavy atom. The first kappa shape index (κ1) is 19.5. The fraction of sp³-hybridized carbons (Fsp3) is 0.211. The van der Waals surface area contributed by atoms with Gasteiger partial charge in [0.05, 0.1) is 0 Å². The number of nitrogens with one attached hydrogen (secondary N) is 1. The molecule has 2 aromatic carbocycles. The molecule has 0 aliphatic rings. The van der Waals surface area contributed by atoms with Gasteiger partial charge in [0, 0.05) is 30.2 Å². The predicted molar refractivity (Wildman–Crippen MR) is 97.8 cm³/mol. The molecule has 0 radical (unpaired) electrons. The molecule has 0 fully saturated rings. The van der Waals surface area contributed by atoms with Crippen LogP contribution in [0.4, 0.5) is 0 Å². The van der Waals surface area contributed by atoms with Crippen molar-refractivity contribution in [3.63, 3.8) is 0 Å². The van der Waals surface area contributed by atoms with Crippen molar-refractivity contribution in [2.24, 2.45) is 0 Å². The Bertz CT molecular complexity index is 776. The van der Waals surface area contributed by atoms with E-state index in [1.54, 1.807) is 68.7 Å². The molecule has 1 N–H and O–H groups in total. The molecule has 1 atom stereocenters. The van der Waals surface area contributed by atoms with Crippen molar-refractivity contribution in [1.82, 2.24) is 10.2 Å². The number of likely N-dealkylation sites (N-methyl/N-ethyl adjacent to an activating group) is 1. The summed E-state index contributed by atoms with van der Waals surface area (Å²) in [5, 5.41) is 2.97. The van der Waals surface area contributed by atoms with E-state index in [2.05, 4.69) is 5.32 Å². The van der Waals surface area contributed by atoms with E-state index in [0.717, 1.165) is 0 Å². The molecule has 0 aromatic heterocycles. The number of benzene rings is 2. The minimum absolute atomic E-state index is 0.356. The van der Waals surface area contributed by atoms with Crippen LogP contribution in [0.2, 0.25) is 5.02 Å². The summed E-state index contributed by atoms with van der Waals surface area (Å²) in [6.07, 6.45) is -1.06. The molecule has 2 rings (SSSR count). The third-order valence-electron chi connectivity index (χ3n) is 3.52. The smallest absolute Gasteiger partial charge is 0.326 e. The lowest BCUT2D eigenvalue weighted by molar-refractivity contribution is -0.158. The lowest BCUT2D eigenvalue weighted by atomic mass is 10.1. The molecular weight excluding hydrogens is 356 g/mol. The van der Waals surface area contributed by atoms with Crippen molar-refractivity contribution in [3.05, 3.63) is 70.7 Å². The summed E-state index contributed by atoms with van der Waals surface area (Å²) in [4.78, 5) is 37.8. The van der Waals surface area contributed by atoms with Gasteiger partial charge in [-0.25, -0.2) is 0 Å². The number of halogens is 1. The monoisotopic (exact) mass is 374 g/mol. The number of ether oxygens (including phenoxy) is 1. The normalized spacial score (nSPS) is 11.3. The van der Waals surface area contributed by atoms with Gasteiger partial charge in [-0.1, -0.05) is 41.9 Å². The number of rotatable bonds is 6. The number of esters is 1. The van der Waals surface area contributed by atoms with Gasteiger partial charge >= 0.3 is 5.97 Å². The Hall–Kier alpha value is -2.86. The number of carbonyl (C=O) groups is 3. The van der Waals surface area contributed by atoms with Crippen molar-refractivity contribution >= 4 is 29.4 Å². The van der Waals surface area contributed by atoms with E-state index < -0.39 is 18.0 Å². The van der Waals surface area contributed by atoms with Crippen molar-refractivity contribution in [1.29, 1.82) is 0 Å². The van der Waals surface area contributed by atoms with Crippen LogP contribution in [0.5, 0.6) is 0 Å². The first-order chi connectivity index (χ1) is 12.4. The lowest BCUT2D eigenvalue weighted by Gasteiger charge is -2.21. The highest BCUT2D eigenvalue weighted by Crippen LogP contribution is 2.19. The molecule has 26 heavy (non-hydrogen) atoms. The van der Waals surface area contributed by atoms with E-state index in [9.17, 15) is 14.4 Å². The molecule has 2 aromatic rings. The Morgan fingerprint density at radius 3 is 2.23 bits per heavy atom. The maximum Gasteiger partial charge on any atom is 0.326 e. The van der Waals surface area contributed by atoms with Crippen molar-refractivity contribution in [2.45, 2.75) is 6.10 Å². The molecule has 0 unspecified atom stereocenters. The summed E-state index contributed by atoms with van der Waals surface area (Å²) < 4.78 is 5.30. The molecule has 0 saturated carbocycles. The van der Waals surface area contributed by atoms with Gasteiger partial charge < -0.3 is 15.0 Å². The van der Waals surface area contributed by atoms with E-state index in [-0.39, 0.29) is 12.5 Å². The van der Waals surface area contributed by atoms with Gasteiger partial charge in [0.15, 0.2) is 0 Å². The molecule has 0 aliphatic carbocycles. The second-order valence-electron chi connectivity index (χ2n) is 5.70. The van der Waals surface area contributed by atoms with Crippen LogP contribution in [-0.4, -0.2) is 43.3 Å². The van der Waals surface area contributed by atoms with Gasteiger partial charge in [-0.3, -0.25) is 14.4 Å². The molecule has 0 heterocycles. The highest BCUT2D eigenvalue weighted by molar-refractivity contribution is 6.30. The van der Waals surface area contributed by atoms with Crippen molar-refractivity contribution < 1.29 is 19.1 Å². The predicted octanol–water partition coefficient (Wildman–Crippen LogP) is 2.44. The summed E-state index contributed by atoms with van der Waals surface area (Å²) in [5.74, 6) is -1.52. The molecule has 7 heteroatoms. The lowest BCUT2D eigenvalue weighted by Crippen LogP contribution is -2.35. The van der Waals surface area contributed by atoms with Crippen LogP contribution in [0.1, 0.15) is 22.0 Å². The average molecular weight is 375 g/mol. The van der Waals surface area contributed by atoms with E-state index in [0.29, 0.717) is 16.1 Å². The van der Waals surface area contributed by atoms with Crippen LogP contribution < -0.4 is 5.32 Å². The van der Waals surface area contributed by atoms with Crippen molar-refractivity contribution in [2.75, 3.05) is 20.6 Å². The van der Waals surface area contributed by atoms with Gasteiger partial charge in [-0.2, -0.15) is 0 Å². The van der Waals surface area contributed by atoms with Crippen LogP contribution in [0.3, 0.4) is 0 Å². The molecule has 0 saturated heterocycles. The Morgan fingerprint density at radius 1 is 1.04 bits per heavy atom. The van der Waals surface area contributed by atoms with Gasteiger partial charge in [-0.15, -0.1) is 0 Å². The minimum Gasteiger partial charge on any atom is -0.446 e. The third kappa shape index (κ3) is 5.32. The highest BCUT2D eigenvalue weighted by atomic mass is 35.5. The zero-order chi connectivity index (χ0) is 19.1. The Balaban J connectivity index is 2.00. The minimum atomic E-state index is -1.06. The molecule has 136 valence electrons. The van der Waals surface area contributed by atoms with Gasteiger partial charge in [0.1, 0.15) is 6.54 Å². The molecule has 0 spiro atoms. The zero-order valence-corrected chi connectivity index (χ0v) is 15.2. The second kappa shape index (κ2) is 9.01. The summed E-state index contributed by atoms with van der Waals surface area (Å²) in [7, 11) is 3.16. The first-order valence-corrected chi connectivity index (χ1v) is 8.25. The number of hydrogen-bond acceptors (Lipinski definition) is 4. The maximum absolute atomic E-state index is 12.3. The Kier molecular flexibility index (Phi) is 6.74. The molecular formula is C19H19ClN2O4. The molecule has 6 nitrogen and oxygen atoms in total. The van der Waals surface area contributed by atoms with Crippen molar-refractivity contribution in [3.8, 4) is 0 Å². The number of amides is 2. The Labute approximate surface area is 156 Å². The third-order valence-corrected chi connectivity index (χ3v) is 3.77. The summed E-state index contributed by atoms with van der Waals surface area (Å²) in [5.41, 5.74) is 0.926. The average Bonchev–Trinajstić information content (AvgIpc) is 2.64. The quantitative estimate of drug-likeness (QED) is 0.788. The summed E-state index contributed by atoms with van der Waals surface area (Å²) in [6.45, 7) is -0.356. The van der Waals surface area contributed by atoms with E-state index in [4.69, 9.17) is 16.3 Å². The van der Waals surface area contributed by atoms with Gasteiger partial charge in [-0.05, 0) is 24.3 Å². The molecule has 0 aliphatic heterocycles. The SMILES string of the molecule is CN(C)C(=O)[C@@H](OC(=O)CNC(=O)c1ccc(Cl)cc1)c1ccccc1. The van der Waals surface area contributed by atoms with Crippen LogP contribution in [-0.2, 0) is 14.3 Å². The molecule has 0 bridgehead atoms. The standard InChI is InChI=1S/C19H19ClN2O4/c1-22(2)19(25)17(13-6-4-3-5-7-13)26-16(23)12-21-18(24)14-8-10-15(20)11-9-14/h3-11,17H,12H2,1-2H3,(H,21,24)/t17-/m0/s1. The highest BCUT2D eigenvalue weighted by Gasteiger charge is 2.26. The van der Waals surface area contributed by atoms with Crippen LogP contribution in [0.25, 0.3) is 0 Å². The number of carbonyl (C=O) groups excluding carboxylic acids is 3. The van der Waals surface area contributed by atoms with Crippen LogP contribution >= 0.6 is 11.6 Å². The molecule has 2 amide bonds. The second-order valence-corrected chi connectivity index (χ2v) is 6.14. The fourth-order valence-corrected chi connectivity index (χ4v) is 2.28. The van der Waals surface area contributed by atoms with Crippen LogP contribution in [0.15, 0.2) is 54.6 Å². The largest absolute Gasteiger partial charge is 0.446 e. The van der Waals surface area contributed by atoms with E-state index in [1.807, 2.05) is 0 Å².